The molecule has 1 aliphatic rings. The van der Waals surface area contributed by atoms with Crippen molar-refractivity contribution in [2.75, 3.05) is 11.1 Å². The van der Waals surface area contributed by atoms with Gasteiger partial charge in [0, 0.05) is 22.8 Å². The Morgan fingerprint density at radius 3 is 2.96 bits per heavy atom. The second kappa shape index (κ2) is 7.90. The summed E-state index contributed by atoms with van der Waals surface area (Å²) in [5.41, 5.74) is 2.63. The van der Waals surface area contributed by atoms with Crippen LogP contribution in [0, 0.1) is 11.3 Å². The summed E-state index contributed by atoms with van der Waals surface area (Å²) in [5, 5.41) is 20.5. The lowest BCUT2D eigenvalue weighted by atomic mass is 9.96. The molecule has 9 heteroatoms. The first-order valence-corrected chi connectivity index (χ1v) is 10.3. The van der Waals surface area contributed by atoms with E-state index in [0.717, 1.165) is 36.8 Å². The molecular formula is C18H16N6OS2. The van der Waals surface area contributed by atoms with E-state index in [4.69, 9.17) is 0 Å². The first-order valence-electron chi connectivity index (χ1n) is 8.54. The van der Waals surface area contributed by atoms with Crippen molar-refractivity contribution in [3.8, 4) is 17.5 Å². The smallest absolute Gasteiger partial charge is 0.235 e. The number of amides is 1. The van der Waals surface area contributed by atoms with E-state index in [-0.39, 0.29) is 11.7 Å². The zero-order chi connectivity index (χ0) is 18.6. The number of pyridine rings is 1. The minimum atomic E-state index is -0.162. The number of nitrogens with zero attached hydrogens (tertiary/aromatic N) is 4. The van der Waals surface area contributed by atoms with Gasteiger partial charge in [0.05, 0.1) is 11.3 Å². The number of hydrogen-bond acceptors (Lipinski definition) is 7. The fourth-order valence-corrected chi connectivity index (χ4v) is 4.87. The average molecular weight is 397 g/mol. The second-order valence-corrected chi connectivity index (χ2v) is 8.11. The Bertz CT molecular complexity index is 1000. The lowest BCUT2D eigenvalue weighted by Crippen LogP contribution is -2.14. The van der Waals surface area contributed by atoms with Crippen molar-refractivity contribution in [3.05, 3.63) is 40.5 Å². The molecule has 0 saturated carbocycles. The molecule has 0 aliphatic heterocycles. The van der Waals surface area contributed by atoms with Crippen molar-refractivity contribution in [1.29, 1.82) is 5.26 Å². The molecule has 0 aromatic carbocycles. The number of thioether (sulfide) groups is 1. The second-order valence-electron chi connectivity index (χ2n) is 6.07. The van der Waals surface area contributed by atoms with E-state index < -0.39 is 0 Å². The quantitative estimate of drug-likeness (QED) is 0.640. The lowest BCUT2D eigenvalue weighted by molar-refractivity contribution is -0.113. The van der Waals surface area contributed by atoms with Crippen LogP contribution < -0.4 is 5.32 Å². The molecule has 0 radical (unpaired) electrons. The van der Waals surface area contributed by atoms with Gasteiger partial charge in [0.25, 0.3) is 0 Å². The summed E-state index contributed by atoms with van der Waals surface area (Å²) in [6.45, 7) is 0. The highest BCUT2D eigenvalue weighted by molar-refractivity contribution is 7.99. The third-order valence-electron chi connectivity index (χ3n) is 4.29. The van der Waals surface area contributed by atoms with Gasteiger partial charge in [-0.25, -0.2) is 4.98 Å². The summed E-state index contributed by atoms with van der Waals surface area (Å²) < 4.78 is 0. The molecule has 2 N–H and O–H groups in total. The molecule has 1 amide bonds. The number of thiophene rings is 1. The number of anilines is 1. The van der Waals surface area contributed by atoms with Gasteiger partial charge >= 0.3 is 0 Å². The molecule has 0 spiro atoms. The molecule has 27 heavy (non-hydrogen) atoms. The Labute approximate surface area is 164 Å². The van der Waals surface area contributed by atoms with Crippen LogP contribution >= 0.6 is 23.1 Å². The number of nitriles is 1. The highest BCUT2D eigenvalue weighted by atomic mass is 32.2. The Morgan fingerprint density at radius 2 is 2.15 bits per heavy atom. The van der Waals surface area contributed by atoms with Crippen molar-refractivity contribution in [3.63, 3.8) is 0 Å². The molecule has 0 fully saturated rings. The van der Waals surface area contributed by atoms with Crippen LogP contribution in [-0.4, -0.2) is 31.8 Å². The van der Waals surface area contributed by atoms with Gasteiger partial charge in [-0.3, -0.25) is 14.9 Å². The number of hydrogen-bond donors (Lipinski definition) is 2. The van der Waals surface area contributed by atoms with E-state index >= 15 is 0 Å². The van der Waals surface area contributed by atoms with Gasteiger partial charge in [-0.1, -0.05) is 11.8 Å². The van der Waals surface area contributed by atoms with E-state index in [1.54, 1.807) is 12.4 Å². The maximum Gasteiger partial charge on any atom is 0.235 e. The fourth-order valence-electron chi connectivity index (χ4n) is 3.01. The van der Waals surface area contributed by atoms with Crippen LogP contribution in [0.5, 0.6) is 0 Å². The molecule has 4 rings (SSSR count). The highest BCUT2D eigenvalue weighted by Crippen LogP contribution is 2.37. The summed E-state index contributed by atoms with van der Waals surface area (Å²) in [6.07, 6.45) is 7.54. The maximum atomic E-state index is 12.3. The van der Waals surface area contributed by atoms with E-state index in [1.165, 1.54) is 28.0 Å². The van der Waals surface area contributed by atoms with Crippen molar-refractivity contribution < 1.29 is 4.79 Å². The lowest BCUT2D eigenvalue weighted by Gasteiger charge is -2.09. The van der Waals surface area contributed by atoms with E-state index in [9.17, 15) is 10.1 Å². The number of aromatic nitrogens is 4. The van der Waals surface area contributed by atoms with Crippen LogP contribution in [0.2, 0.25) is 0 Å². The Balaban J connectivity index is 1.39. The Morgan fingerprint density at radius 1 is 1.33 bits per heavy atom. The van der Waals surface area contributed by atoms with Gasteiger partial charge in [0.1, 0.15) is 11.1 Å². The van der Waals surface area contributed by atoms with Crippen LogP contribution in [0.4, 0.5) is 5.00 Å². The summed E-state index contributed by atoms with van der Waals surface area (Å²) in [5.74, 6) is 0.657. The predicted octanol–water partition coefficient (Wildman–Crippen LogP) is 3.41. The summed E-state index contributed by atoms with van der Waals surface area (Å²) >= 11 is 2.78. The average Bonchev–Trinajstić information content (AvgIpc) is 3.31. The van der Waals surface area contributed by atoms with Crippen LogP contribution in [-0.2, 0) is 17.6 Å². The molecule has 0 unspecified atom stereocenters. The zero-order valence-corrected chi connectivity index (χ0v) is 16.0. The summed E-state index contributed by atoms with van der Waals surface area (Å²) in [7, 11) is 0. The van der Waals surface area contributed by atoms with Gasteiger partial charge in [-0.15, -0.1) is 16.4 Å². The van der Waals surface area contributed by atoms with E-state index in [0.29, 0.717) is 21.5 Å². The molecule has 3 aromatic rings. The minimum absolute atomic E-state index is 0.162. The van der Waals surface area contributed by atoms with Crippen LogP contribution in [0.1, 0.15) is 28.8 Å². The van der Waals surface area contributed by atoms with Crippen molar-refractivity contribution in [2.24, 2.45) is 0 Å². The third kappa shape index (κ3) is 3.86. The van der Waals surface area contributed by atoms with Gasteiger partial charge in [-0.2, -0.15) is 5.26 Å². The number of rotatable bonds is 5. The number of carbonyl (C=O) groups excluding carboxylic acids is 1. The summed E-state index contributed by atoms with van der Waals surface area (Å²) in [4.78, 5) is 21.9. The molecule has 0 atom stereocenters. The molecule has 3 heterocycles. The molecule has 1 aliphatic carbocycles. The number of aryl methyl sites for hydroxylation is 1. The van der Waals surface area contributed by atoms with E-state index in [2.05, 4.69) is 31.6 Å². The van der Waals surface area contributed by atoms with Crippen molar-refractivity contribution >= 4 is 34.0 Å². The molecule has 3 aromatic heterocycles. The fraction of sp³-hybridized carbons (Fsp3) is 0.278. The standard InChI is InChI=1S/C18H16N6OS2/c19-9-13-12-3-1-2-4-14(12)27-17(13)21-15(25)10-26-18-22-16(23-24-18)11-5-7-20-8-6-11/h5-8H,1-4,10H2,(H,21,25)(H,22,23,24). The zero-order valence-electron chi connectivity index (χ0n) is 14.4. The number of carbonyl (C=O) groups is 1. The first-order chi connectivity index (χ1) is 13.2. The molecule has 7 nitrogen and oxygen atoms in total. The van der Waals surface area contributed by atoms with Crippen molar-refractivity contribution in [1.82, 2.24) is 20.2 Å². The normalized spacial score (nSPS) is 13.0. The van der Waals surface area contributed by atoms with Gasteiger partial charge in [0.2, 0.25) is 11.1 Å². The number of H-pyrrole nitrogens is 1. The number of fused-ring (bicyclic) bond motifs is 1. The SMILES string of the molecule is N#Cc1c(NC(=O)CSc2n[nH]c(-c3ccncc3)n2)sc2c1CCCC2. The van der Waals surface area contributed by atoms with E-state index in [1.807, 2.05) is 12.1 Å². The Kier molecular flexibility index (Phi) is 5.18. The van der Waals surface area contributed by atoms with Gasteiger partial charge < -0.3 is 5.32 Å². The largest absolute Gasteiger partial charge is 0.316 e. The topological polar surface area (TPSA) is 107 Å². The molecule has 136 valence electrons. The summed E-state index contributed by atoms with van der Waals surface area (Å²) in [6, 6.07) is 5.93. The Hall–Kier alpha value is -2.70. The first kappa shape index (κ1) is 17.7. The molecule has 0 bridgehead atoms. The molecular weight excluding hydrogens is 380 g/mol. The highest BCUT2D eigenvalue weighted by Gasteiger charge is 2.22. The third-order valence-corrected chi connectivity index (χ3v) is 6.34. The predicted molar refractivity (Wildman–Crippen MR) is 105 cm³/mol. The maximum absolute atomic E-state index is 12.3. The number of nitrogens with one attached hydrogen (secondary N) is 2. The van der Waals surface area contributed by atoms with Crippen LogP contribution in [0.15, 0.2) is 29.7 Å². The van der Waals surface area contributed by atoms with Crippen molar-refractivity contribution in [2.45, 2.75) is 30.8 Å². The molecule has 0 saturated heterocycles. The van der Waals surface area contributed by atoms with Gasteiger partial charge in [-0.05, 0) is 43.4 Å². The van der Waals surface area contributed by atoms with Crippen LogP contribution in [0.25, 0.3) is 11.4 Å². The minimum Gasteiger partial charge on any atom is -0.316 e. The number of aromatic amines is 1. The van der Waals surface area contributed by atoms with Gasteiger partial charge in [0.15, 0.2) is 5.82 Å². The monoisotopic (exact) mass is 396 g/mol. The van der Waals surface area contributed by atoms with Crippen LogP contribution in [0.3, 0.4) is 0 Å².